The lowest BCUT2D eigenvalue weighted by Gasteiger charge is -2.28. The summed E-state index contributed by atoms with van der Waals surface area (Å²) in [7, 11) is 0. The number of benzene rings is 1. The largest absolute Gasteiger partial charge is 0.367 e. The molecule has 1 aromatic carbocycles. The van der Waals surface area contributed by atoms with Gasteiger partial charge in [-0.1, -0.05) is 30.4 Å². The molecule has 0 unspecified atom stereocenters. The molecular weight excluding hydrogens is 260 g/mol. The third-order valence-corrected chi connectivity index (χ3v) is 4.62. The van der Waals surface area contributed by atoms with Gasteiger partial charge in [-0.05, 0) is 44.2 Å². The van der Waals surface area contributed by atoms with Crippen LogP contribution < -0.4 is 10.2 Å². The molecule has 1 fully saturated rings. The van der Waals surface area contributed by atoms with Gasteiger partial charge in [-0.3, -0.25) is 4.79 Å². The molecule has 112 valence electrons. The van der Waals surface area contributed by atoms with E-state index in [2.05, 4.69) is 46.6 Å². The van der Waals surface area contributed by atoms with E-state index in [-0.39, 0.29) is 11.8 Å². The summed E-state index contributed by atoms with van der Waals surface area (Å²) in [6, 6.07) is 11.0. The van der Waals surface area contributed by atoms with Gasteiger partial charge in [0.2, 0.25) is 5.91 Å². The van der Waals surface area contributed by atoms with Crippen molar-refractivity contribution in [3.8, 4) is 0 Å². The number of nitrogens with one attached hydrogen (secondary N) is 1. The van der Waals surface area contributed by atoms with Crippen LogP contribution in [-0.4, -0.2) is 25.0 Å². The van der Waals surface area contributed by atoms with Crippen LogP contribution in [-0.2, 0) is 4.79 Å². The number of rotatable bonds is 4. The molecule has 0 bridgehead atoms. The third-order valence-electron chi connectivity index (χ3n) is 4.62. The van der Waals surface area contributed by atoms with Crippen molar-refractivity contribution in [2.75, 3.05) is 18.0 Å². The molecule has 1 aromatic rings. The van der Waals surface area contributed by atoms with Gasteiger partial charge in [-0.25, -0.2) is 0 Å². The topological polar surface area (TPSA) is 32.3 Å². The highest BCUT2D eigenvalue weighted by Gasteiger charge is 2.26. The molecule has 2 atom stereocenters. The number of carbonyl (C=O) groups excluding carboxylic acids is 1. The molecule has 3 rings (SSSR count). The first-order valence-electron chi connectivity index (χ1n) is 8.09. The summed E-state index contributed by atoms with van der Waals surface area (Å²) >= 11 is 0. The van der Waals surface area contributed by atoms with E-state index in [0.29, 0.717) is 6.04 Å². The molecule has 1 saturated heterocycles. The van der Waals surface area contributed by atoms with Crippen LogP contribution in [0, 0.1) is 5.92 Å². The van der Waals surface area contributed by atoms with Crippen LogP contribution >= 0.6 is 0 Å². The van der Waals surface area contributed by atoms with Gasteiger partial charge in [0.15, 0.2) is 0 Å². The number of anilines is 1. The van der Waals surface area contributed by atoms with Crippen molar-refractivity contribution in [2.45, 2.75) is 38.1 Å². The number of amides is 1. The highest BCUT2D eigenvalue weighted by molar-refractivity contribution is 5.79. The quantitative estimate of drug-likeness (QED) is 0.862. The summed E-state index contributed by atoms with van der Waals surface area (Å²) < 4.78 is 0. The molecule has 0 radical (unpaired) electrons. The molecule has 1 aliphatic carbocycles. The molecule has 0 saturated carbocycles. The van der Waals surface area contributed by atoms with Crippen LogP contribution in [0.3, 0.4) is 0 Å². The zero-order valence-electron chi connectivity index (χ0n) is 12.5. The van der Waals surface area contributed by atoms with Crippen LogP contribution in [0.2, 0.25) is 0 Å². The Balaban J connectivity index is 1.54. The lowest BCUT2D eigenvalue weighted by Crippen LogP contribution is -2.42. The van der Waals surface area contributed by atoms with Crippen LogP contribution in [0.1, 0.15) is 32.1 Å². The summed E-state index contributed by atoms with van der Waals surface area (Å²) in [5.41, 5.74) is 1.27. The van der Waals surface area contributed by atoms with Gasteiger partial charge in [0.25, 0.3) is 0 Å². The Bertz CT molecular complexity index is 497. The van der Waals surface area contributed by atoms with E-state index in [1.807, 2.05) is 6.07 Å². The first-order chi connectivity index (χ1) is 10.3. The Kier molecular flexibility index (Phi) is 4.59. The van der Waals surface area contributed by atoms with Crippen molar-refractivity contribution in [2.24, 2.45) is 5.92 Å². The summed E-state index contributed by atoms with van der Waals surface area (Å²) in [6.07, 6.45) is 9.63. The van der Waals surface area contributed by atoms with Crippen molar-refractivity contribution in [1.29, 1.82) is 0 Å². The first kappa shape index (κ1) is 14.2. The molecule has 1 amide bonds. The second kappa shape index (κ2) is 6.79. The molecule has 1 N–H and O–H groups in total. The molecule has 0 spiro atoms. The zero-order chi connectivity index (χ0) is 14.5. The van der Waals surface area contributed by atoms with Gasteiger partial charge in [-0.15, -0.1) is 0 Å². The molecule has 2 aliphatic rings. The lowest BCUT2D eigenvalue weighted by molar-refractivity contribution is -0.125. The van der Waals surface area contributed by atoms with Gasteiger partial charge in [-0.2, -0.15) is 0 Å². The van der Waals surface area contributed by atoms with E-state index in [1.165, 1.54) is 18.5 Å². The fourth-order valence-electron chi connectivity index (χ4n) is 3.40. The third kappa shape index (κ3) is 3.46. The predicted octanol–water partition coefficient (Wildman–Crippen LogP) is 3.13. The second-order valence-electron chi connectivity index (χ2n) is 6.05. The fraction of sp³-hybridized carbons (Fsp3) is 0.500. The average Bonchev–Trinajstić information content (AvgIpc) is 3.03. The number of allylic oxidation sites excluding steroid dienone is 2. The van der Waals surface area contributed by atoms with E-state index in [1.54, 1.807) is 0 Å². The number of carbonyl (C=O) groups is 1. The van der Waals surface area contributed by atoms with Crippen molar-refractivity contribution >= 4 is 11.6 Å². The molecule has 21 heavy (non-hydrogen) atoms. The van der Waals surface area contributed by atoms with Gasteiger partial charge in [0.1, 0.15) is 0 Å². The zero-order valence-corrected chi connectivity index (χ0v) is 12.5. The molecule has 0 aromatic heterocycles. The number of para-hydroxylation sites is 1. The predicted molar refractivity (Wildman–Crippen MR) is 86.3 cm³/mol. The highest BCUT2D eigenvalue weighted by atomic mass is 16.1. The fourth-order valence-corrected chi connectivity index (χ4v) is 3.40. The molecule has 3 nitrogen and oxygen atoms in total. The smallest absolute Gasteiger partial charge is 0.223 e. The van der Waals surface area contributed by atoms with Crippen molar-refractivity contribution in [3.63, 3.8) is 0 Å². The van der Waals surface area contributed by atoms with Gasteiger partial charge in [0, 0.05) is 30.7 Å². The molecule has 1 heterocycles. The van der Waals surface area contributed by atoms with Crippen molar-refractivity contribution in [3.05, 3.63) is 42.5 Å². The monoisotopic (exact) mass is 284 g/mol. The Morgan fingerprint density at radius 1 is 1.19 bits per heavy atom. The second-order valence-corrected chi connectivity index (χ2v) is 6.05. The van der Waals surface area contributed by atoms with Crippen LogP contribution in [0.4, 0.5) is 5.69 Å². The molecule has 3 heteroatoms. The number of hydrogen-bond donors (Lipinski definition) is 1. The Labute approximate surface area is 127 Å². The average molecular weight is 284 g/mol. The van der Waals surface area contributed by atoms with E-state index in [4.69, 9.17) is 0 Å². The van der Waals surface area contributed by atoms with Crippen LogP contribution in [0.25, 0.3) is 0 Å². The van der Waals surface area contributed by atoms with E-state index in [0.717, 1.165) is 32.4 Å². The van der Waals surface area contributed by atoms with Crippen LogP contribution in [0.15, 0.2) is 42.5 Å². The summed E-state index contributed by atoms with van der Waals surface area (Å²) in [5.74, 6) is 0.417. The Morgan fingerprint density at radius 2 is 2.05 bits per heavy atom. The maximum absolute atomic E-state index is 12.2. The minimum atomic E-state index is 0.182. The van der Waals surface area contributed by atoms with E-state index >= 15 is 0 Å². The maximum Gasteiger partial charge on any atom is 0.223 e. The Hall–Kier alpha value is -1.77. The van der Waals surface area contributed by atoms with Gasteiger partial charge < -0.3 is 10.2 Å². The summed E-state index contributed by atoms with van der Waals surface area (Å²) in [4.78, 5) is 14.7. The Morgan fingerprint density at radius 3 is 2.81 bits per heavy atom. The van der Waals surface area contributed by atoms with Crippen molar-refractivity contribution in [1.82, 2.24) is 5.32 Å². The number of nitrogens with zero attached hydrogens (tertiary/aromatic N) is 1. The highest BCUT2D eigenvalue weighted by Crippen LogP contribution is 2.25. The van der Waals surface area contributed by atoms with E-state index < -0.39 is 0 Å². The standard InChI is InChI=1S/C18H24N2O/c21-18(15-8-3-1-4-9-15)19-14-17-12-7-13-20(17)16-10-5-2-6-11-16/h1-3,5-6,10-11,15,17H,4,7-9,12-14H2,(H,19,21)/t15-,17-/m0/s1. The van der Waals surface area contributed by atoms with Gasteiger partial charge >= 0.3 is 0 Å². The maximum atomic E-state index is 12.2. The SMILES string of the molecule is O=C(NC[C@@H]1CCCN1c1ccccc1)[C@H]1CC=CCC1. The summed E-state index contributed by atoms with van der Waals surface area (Å²) in [5, 5.41) is 3.18. The molecular formula is C18H24N2O. The van der Waals surface area contributed by atoms with Crippen molar-refractivity contribution < 1.29 is 4.79 Å². The molecule has 1 aliphatic heterocycles. The van der Waals surface area contributed by atoms with Crippen LogP contribution in [0.5, 0.6) is 0 Å². The lowest BCUT2D eigenvalue weighted by atomic mass is 9.93. The minimum absolute atomic E-state index is 0.182. The first-order valence-corrected chi connectivity index (χ1v) is 8.09. The van der Waals surface area contributed by atoms with Gasteiger partial charge in [0.05, 0.1) is 0 Å². The minimum Gasteiger partial charge on any atom is -0.367 e. The normalized spacial score (nSPS) is 25.0. The summed E-state index contributed by atoms with van der Waals surface area (Å²) in [6.45, 7) is 1.87. The number of hydrogen-bond acceptors (Lipinski definition) is 2. The van der Waals surface area contributed by atoms with E-state index in [9.17, 15) is 4.79 Å².